The molecule has 3 aliphatic rings. The van der Waals surface area contributed by atoms with Crippen LogP contribution in [0.2, 0.25) is 0 Å². The molecular weight excluding hydrogens is 512 g/mol. The Morgan fingerprint density at radius 2 is 1.24 bits per heavy atom. The summed E-state index contributed by atoms with van der Waals surface area (Å²) in [7, 11) is 0. The smallest absolute Gasteiger partial charge is 0.324 e. The Bertz CT molecular complexity index is 1520. The van der Waals surface area contributed by atoms with E-state index < -0.39 is 22.8 Å². The molecule has 3 aliphatic carbocycles. The van der Waals surface area contributed by atoms with Crippen LogP contribution in [0.4, 0.5) is 0 Å². The van der Waals surface area contributed by atoms with Crippen molar-refractivity contribution >= 4 is 17.7 Å². The van der Waals surface area contributed by atoms with E-state index in [9.17, 15) is 14.4 Å². The van der Waals surface area contributed by atoms with Crippen LogP contribution in [0, 0.1) is 10.8 Å². The lowest BCUT2D eigenvalue weighted by atomic mass is 9.60. The van der Waals surface area contributed by atoms with Crippen molar-refractivity contribution in [3.8, 4) is 0 Å². The van der Waals surface area contributed by atoms with E-state index in [2.05, 4.69) is 0 Å². The molecule has 0 unspecified atom stereocenters. The quantitative estimate of drug-likeness (QED) is 0.244. The number of carbonyl (C=O) groups excluding carboxylic acids is 3. The number of ether oxygens (including phenoxy) is 2. The molecule has 0 bridgehead atoms. The largest absolute Gasteiger partial charge is 0.460 e. The van der Waals surface area contributed by atoms with Gasteiger partial charge in [-0.2, -0.15) is 0 Å². The van der Waals surface area contributed by atoms with Crippen LogP contribution in [0.5, 0.6) is 0 Å². The molecule has 208 valence electrons. The number of esters is 2. The molecule has 0 aliphatic heterocycles. The summed E-state index contributed by atoms with van der Waals surface area (Å²) in [6.07, 6.45) is 2.52. The lowest BCUT2D eigenvalue weighted by Gasteiger charge is -2.42. The Hall–Kier alpha value is -4.25. The van der Waals surface area contributed by atoms with E-state index in [0.29, 0.717) is 12.8 Å². The fraction of sp³-hybridized carbons (Fsp3) is 0.306. The third-order valence-electron chi connectivity index (χ3n) is 9.30. The van der Waals surface area contributed by atoms with E-state index in [4.69, 9.17) is 9.47 Å². The van der Waals surface area contributed by atoms with Crippen LogP contribution in [0.1, 0.15) is 66.6 Å². The predicted octanol–water partition coefficient (Wildman–Crippen LogP) is 7.11. The number of hydrogen-bond donors (Lipinski definition) is 0. The predicted molar refractivity (Wildman–Crippen MR) is 156 cm³/mol. The molecule has 3 aromatic rings. The lowest BCUT2D eigenvalue weighted by molar-refractivity contribution is -0.173. The summed E-state index contributed by atoms with van der Waals surface area (Å²) in [4.78, 5) is 41.9. The van der Waals surface area contributed by atoms with Crippen molar-refractivity contribution in [2.75, 3.05) is 0 Å². The molecule has 5 nitrogen and oxygen atoms in total. The van der Waals surface area contributed by atoms with Crippen LogP contribution in [0.25, 0.3) is 0 Å². The molecule has 0 heterocycles. The molecular formula is C36H34O5. The monoisotopic (exact) mass is 546 g/mol. The fourth-order valence-corrected chi connectivity index (χ4v) is 6.93. The highest BCUT2D eigenvalue weighted by molar-refractivity contribution is 6.06. The van der Waals surface area contributed by atoms with E-state index in [1.165, 1.54) is 0 Å². The SMILES string of the molecule is CC1=C2CC(C(=O)OCc3ccccc3)(C(=O)OCc3ccccc3)CC2=C(C)[C@]2(CCc3ccccc3C2=O)C1. The minimum Gasteiger partial charge on any atom is -0.460 e. The summed E-state index contributed by atoms with van der Waals surface area (Å²) >= 11 is 0. The van der Waals surface area contributed by atoms with Gasteiger partial charge in [0.2, 0.25) is 0 Å². The molecule has 41 heavy (non-hydrogen) atoms. The molecule has 0 saturated heterocycles. The third kappa shape index (κ3) is 4.63. The van der Waals surface area contributed by atoms with Crippen molar-refractivity contribution in [2.45, 2.75) is 59.2 Å². The first-order valence-corrected chi connectivity index (χ1v) is 14.3. The zero-order valence-electron chi connectivity index (χ0n) is 23.6. The lowest BCUT2D eigenvalue weighted by Crippen LogP contribution is -2.40. The number of rotatable bonds is 6. The van der Waals surface area contributed by atoms with E-state index in [-0.39, 0.29) is 31.8 Å². The summed E-state index contributed by atoms with van der Waals surface area (Å²) < 4.78 is 11.6. The molecule has 0 amide bonds. The highest BCUT2D eigenvalue weighted by atomic mass is 16.6. The second kappa shape index (κ2) is 10.6. The van der Waals surface area contributed by atoms with E-state index in [1.807, 2.05) is 98.8 Å². The Morgan fingerprint density at radius 1 is 0.707 bits per heavy atom. The van der Waals surface area contributed by atoms with E-state index in [1.54, 1.807) is 0 Å². The maximum Gasteiger partial charge on any atom is 0.324 e. The summed E-state index contributed by atoms with van der Waals surface area (Å²) in [5.74, 6) is -1.02. The van der Waals surface area contributed by atoms with Crippen molar-refractivity contribution < 1.29 is 23.9 Å². The zero-order chi connectivity index (χ0) is 28.6. The van der Waals surface area contributed by atoms with Gasteiger partial charge in [0, 0.05) is 5.56 Å². The van der Waals surface area contributed by atoms with Gasteiger partial charge in [-0.1, -0.05) is 96.1 Å². The molecule has 0 radical (unpaired) electrons. The average Bonchev–Trinajstić information content (AvgIpc) is 3.43. The number of carbonyl (C=O) groups is 3. The first-order valence-electron chi connectivity index (χ1n) is 14.3. The molecule has 0 aromatic heterocycles. The average molecular weight is 547 g/mol. The molecule has 5 heteroatoms. The standard InChI is InChI=1S/C36H34O5/c1-24-19-35(18-17-28-15-9-10-16-29(28)32(35)37)25(2)31-21-36(20-30(24)31,33(38)40-22-26-11-5-3-6-12-26)34(39)41-23-27-13-7-4-8-14-27/h3-16H,17-23H2,1-2H3/t35-/m0/s1. The first kappa shape index (κ1) is 26.9. The van der Waals surface area contributed by atoms with Gasteiger partial charge >= 0.3 is 11.9 Å². The minimum absolute atomic E-state index is 0.0721. The van der Waals surface area contributed by atoms with Crippen molar-refractivity contribution in [1.82, 2.24) is 0 Å². The van der Waals surface area contributed by atoms with E-state index >= 15 is 0 Å². The number of hydrogen-bond acceptors (Lipinski definition) is 5. The van der Waals surface area contributed by atoms with Crippen molar-refractivity contribution in [3.05, 3.63) is 129 Å². The zero-order valence-corrected chi connectivity index (χ0v) is 23.6. The van der Waals surface area contributed by atoms with Gasteiger partial charge in [0.25, 0.3) is 0 Å². The number of ketones is 1. The molecule has 1 atom stereocenters. The van der Waals surface area contributed by atoms with Gasteiger partial charge in [-0.15, -0.1) is 0 Å². The molecule has 1 spiro atoms. The number of fused-ring (bicyclic) bond motifs is 2. The second-order valence-corrected chi connectivity index (χ2v) is 11.7. The molecule has 1 fully saturated rings. The second-order valence-electron chi connectivity index (χ2n) is 11.7. The van der Waals surface area contributed by atoms with Gasteiger partial charge in [0.1, 0.15) is 13.2 Å². The Balaban J connectivity index is 1.35. The number of Topliss-reactive ketones (excluding diaryl/α,β-unsaturated/α-hetero) is 1. The van der Waals surface area contributed by atoms with Crippen molar-refractivity contribution in [2.24, 2.45) is 10.8 Å². The Kier molecular flexibility index (Phi) is 6.98. The number of benzene rings is 3. The van der Waals surface area contributed by atoms with Gasteiger partial charge < -0.3 is 9.47 Å². The fourth-order valence-electron chi connectivity index (χ4n) is 6.93. The number of allylic oxidation sites excluding steroid dienone is 4. The van der Waals surface area contributed by atoms with Crippen LogP contribution in [0.15, 0.2) is 107 Å². The highest BCUT2D eigenvalue weighted by Gasteiger charge is 2.58. The molecule has 3 aromatic carbocycles. The number of aryl methyl sites for hydroxylation is 1. The third-order valence-corrected chi connectivity index (χ3v) is 9.30. The van der Waals surface area contributed by atoms with Crippen LogP contribution < -0.4 is 0 Å². The van der Waals surface area contributed by atoms with Gasteiger partial charge in [-0.25, -0.2) is 0 Å². The van der Waals surface area contributed by atoms with Crippen LogP contribution in [-0.2, 0) is 38.7 Å². The summed E-state index contributed by atoms with van der Waals surface area (Å²) in [5.41, 5.74) is 5.38. The summed E-state index contributed by atoms with van der Waals surface area (Å²) in [6.45, 7) is 4.21. The summed E-state index contributed by atoms with van der Waals surface area (Å²) in [6, 6.07) is 26.8. The minimum atomic E-state index is -1.50. The maximum atomic E-state index is 14.0. The van der Waals surface area contributed by atoms with Crippen LogP contribution in [0.3, 0.4) is 0 Å². The summed E-state index contributed by atoms with van der Waals surface area (Å²) in [5, 5.41) is 0. The molecule has 1 saturated carbocycles. The first-order chi connectivity index (χ1) is 19.8. The van der Waals surface area contributed by atoms with Gasteiger partial charge in [0.15, 0.2) is 11.2 Å². The van der Waals surface area contributed by atoms with Crippen molar-refractivity contribution in [3.63, 3.8) is 0 Å². The Labute approximate surface area is 240 Å². The molecule has 6 rings (SSSR count). The van der Waals surface area contributed by atoms with Crippen LogP contribution in [-0.4, -0.2) is 17.7 Å². The normalized spacial score (nSPS) is 21.0. The van der Waals surface area contributed by atoms with Gasteiger partial charge in [-0.3, -0.25) is 14.4 Å². The van der Waals surface area contributed by atoms with Gasteiger partial charge in [0.05, 0.1) is 5.41 Å². The topological polar surface area (TPSA) is 69.7 Å². The van der Waals surface area contributed by atoms with Gasteiger partial charge in [-0.05, 0) is 73.8 Å². The van der Waals surface area contributed by atoms with Crippen LogP contribution >= 0.6 is 0 Å². The van der Waals surface area contributed by atoms with E-state index in [0.717, 1.165) is 51.0 Å². The Morgan fingerprint density at radius 3 is 1.85 bits per heavy atom. The highest BCUT2D eigenvalue weighted by Crippen LogP contribution is 2.58. The maximum absolute atomic E-state index is 14.0. The molecule has 0 N–H and O–H groups in total. The van der Waals surface area contributed by atoms with Crippen molar-refractivity contribution in [1.29, 1.82) is 0 Å².